The van der Waals surface area contributed by atoms with Crippen LogP contribution in [0.15, 0.2) is 40.1 Å². The van der Waals surface area contributed by atoms with E-state index >= 15 is 0 Å². The fourth-order valence-electron chi connectivity index (χ4n) is 3.22. The van der Waals surface area contributed by atoms with Gasteiger partial charge in [-0.3, -0.25) is 0 Å². The van der Waals surface area contributed by atoms with Crippen molar-refractivity contribution in [3.05, 3.63) is 30.3 Å². The van der Waals surface area contributed by atoms with Crippen LogP contribution in [0.2, 0.25) is 0 Å². The van der Waals surface area contributed by atoms with Crippen LogP contribution < -0.4 is 16.2 Å². The number of aromatic amines is 1. The van der Waals surface area contributed by atoms with Gasteiger partial charge in [0.25, 0.3) is 0 Å². The van der Waals surface area contributed by atoms with Gasteiger partial charge >= 0.3 is 0 Å². The van der Waals surface area contributed by atoms with Crippen LogP contribution in [0.3, 0.4) is 0 Å². The predicted molar refractivity (Wildman–Crippen MR) is 121 cm³/mol. The first-order chi connectivity index (χ1) is 15.2. The lowest BCUT2D eigenvalue weighted by Crippen LogP contribution is -2.38. The number of H-pyrrole nitrogens is 1. The summed E-state index contributed by atoms with van der Waals surface area (Å²) in [6.45, 7) is 1.62. The van der Waals surface area contributed by atoms with Crippen LogP contribution in [-0.2, 0) is 21.1 Å². The van der Waals surface area contributed by atoms with Gasteiger partial charge in [0.15, 0.2) is 16.2 Å². The van der Waals surface area contributed by atoms with Gasteiger partial charge in [-0.2, -0.15) is 5.21 Å². The van der Waals surface area contributed by atoms with E-state index in [0.29, 0.717) is 21.8 Å². The molecule has 2 aromatic carbocycles. The summed E-state index contributed by atoms with van der Waals surface area (Å²) in [4.78, 5) is 3.57. The molecule has 0 fully saturated rings. The molecule has 0 saturated carbocycles. The molecule has 32 heavy (non-hydrogen) atoms. The quantitative estimate of drug-likeness (QED) is 0.230. The molecule has 2 aromatic heterocycles. The highest BCUT2D eigenvalue weighted by molar-refractivity contribution is 7.90. The molecule has 15 heteroatoms. The van der Waals surface area contributed by atoms with E-state index in [1.165, 1.54) is 23.5 Å². The molecular formula is C17H18N8O4S3. The molecule has 0 saturated heterocycles. The maximum absolute atomic E-state index is 13.0. The highest BCUT2D eigenvalue weighted by Gasteiger charge is 2.30. The molecule has 0 aliphatic carbocycles. The average molecular weight is 495 g/mol. The molecule has 2 heterocycles. The Kier molecular flexibility index (Phi) is 6.02. The van der Waals surface area contributed by atoms with Gasteiger partial charge < -0.3 is 16.0 Å². The summed E-state index contributed by atoms with van der Waals surface area (Å²) in [7, 11) is -4.20. The molecule has 0 aliphatic rings. The Balaban J connectivity index is 2.07. The number of nitrogens with one attached hydrogen (secondary N) is 2. The predicted octanol–water partition coefficient (Wildman–Crippen LogP) is 0.932. The minimum absolute atomic E-state index is 0.0296. The number of anilines is 1. The normalized spacial score (nSPS) is 14.0. The van der Waals surface area contributed by atoms with E-state index in [-0.39, 0.29) is 22.8 Å². The Labute approximate surface area is 188 Å². The van der Waals surface area contributed by atoms with Crippen molar-refractivity contribution >= 4 is 47.8 Å². The van der Waals surface area contributed by atoms with Crippen LogP contribution in [0.1, 0.15) is 6.92 Å². The smallest absolute Gasteiger partial charge is 0.242 e. The minimum atomic E-state index is -4.20. The summed E-state index contributed by atoms with van der Waals surface area (Å²) >= 11 is -1.45. The second kappa shape index (κ2) is 8.61. The first kappa shape index (κ1) is 22.4. The number of hydrogen-bond acceptors (Lipinski definition) is 10. The largest absolute Gasteiger partial charge is 0.375 e. The third-order valence-electron chi connectivity index (χ3n) is 4.59. The number of thiazole rings is 1. The van der Waals surface area contributed by atoms with Crippen molar-refractivity contribution in [1.29, 1.82) is 0 Å². The van der Waals surface area contributed by atoms with Crippen LogP contribution in [-0.4, -0.2) is 55.4 Å². The average Bonchev–Trinajstić information content (AvgIpc) is 3.40. The van der Waals surface area contributed by atoms with Crippen molar-refractivity contribution in [2.75, 3.05) is 12.3 Å². The van der Waals surface area contributed by atoms with E-state index in [1.807, 2.05) is 6.07 Å². The summed E-state index contributed by atoms with van der Waals surface area (Å²) in [5.74, 6) is -0.0541. The Morgan fingerprint density at radius 3 is 2.72 bits per heavy atom. The molecule has 0 aliphatic heterocycles. The molecule has 2 atom stereocenters. The second-order valence-electron chi connectivity index (χ2n) is 6.76. The summed E-state index contributed by atoms with van der Waals surface area (Å²) in [6, 6.07) is 7.52. The van der Waals surface area contributed by atoms with Crippen molar-refractivity contribution in [3.8, 4) is 22.5 Å². The maximum Gasteiger partial charge on any atom is 0.242 e. The molecule has 1 unspecified atom stereocenters. The fourth-order valence-corrected chi connectivity index (χ4v) is 6.49. The Hall–Kier alpha value is -2.82. The summed E-state index contributed by atoms with van der Waals surface area (Å²) < 4.78 is 51.8. The highest BCUT2D eigenvalue weighted by atomic mass is 32.2. The van der Waals surface area contributed by atoms with Crippen molar-refractivity contribution in [2.45, 2.75) is 22.8 Å². The Bertz CT molecular complexity index is 1420. The summed E-state index contributed by atoms with van der Waals surface area (Å²) in [6.07, 6.45) is 0. The number of nitrogens with two attached hydrogens (primary N) is 2. The lowest BCUT2D eigenvalue weighted by atomic mass is 9.98. The number of fused-ring (bicyclic) bond motifs is 1. The lowest BCUT2D eigenvalue weighted by Gasteiger charge is -2.17. The van der Waals surface area contributed by atoms with E-state index in [2.05, 4.69) is 30.3 Å². The van der Waals surface area contributed by atoms with Crippen LogP contribution in [0.25, 0.3) is 32.7 Å². The molecule has 7 N–H and O–H groups in total. The molecule has 0 amide bonds. The molecule has 4 aromatic rings. The topological polar surface area (TPSA) is 203 Å². The minimum Gasteiger partial charge on any atom is -0.375 e. The van der Waals surface area contributed by atoms with Gasteiger partial charge in [-0.25, -0.2) is 22.3 Å². The van der Waals surface area contributed by atoms with Gasteiger partial charge in [0.1, 0.15) is 4.90 Å². The molecular weight excluding hydrogens is 476 g/mol. The molecule has 12 nitrogen and oxygen atoms in total. The van der Waals surface area contributed by atoms with E-state index in [9.17, 15) is 17.2 Å². The third kappa shape index (κ3) is 4.01. The number of hydrogen-bond donors (Lipinski definition) is 5. The maximum atomic E-state index is 13.0. The molecule has 0 bridgehead atoms. The van der Waals surface area contributed by atoms with Crippen molar-refractivity contribution < 1.29 is 17.2 Å². The number of rotatable bonds is 7. The SMILES string of the molecule is C[C@@H](CN)NS(=O)(=O)c1ccc(-c2cccc3sc(N)nc23)c(-c2nn[nH]n2)c1S(=O)O. The number of sulfonamides is 1. The van der Waals surface area contributed by atoms with E-state index in [4.69, 9.17) is 11.5 Å². The van der Waals surface area contributed by atoms with Gasteiger partial charge in [-0.15, -0.1) is 10.2 Å². The van der Waals surface area contributed by atoms with Crippen LogP contribution in [0.5, 0.6) is 0 Å². The second-order valence-corrected chi connectivity index (χ2v) is 10.4. The summed E-state index contributed by atoms with van der Waals surface area (Å²) in [5, 5.41) is 14.0. The number of benzene rings is 2. The van der Waals surface area contributed by atoms with Crippen molar-refractivity contribution in [2.24, 2.45) is 5.73 Å². The first-order valence-electron chi connectivity index (χ1n) is 9.12. The van der Waals surface area contributed by atoms with Gasteiger partial charge in [0.2, 0.25) is 15.8 Å². The molecule has 168 valence electrons. The molecule has 4 rings (SSSR count). The monoisotopic (exact) mass is 494 g/mol. The number of tetrazole rings is 1. The molecule has 0 spiro atoms. The molecule has 0 radical (unpaired) electrons. The standard InChI is InChI=1S/C17H18N8O4S3/c1-8(7-18)23-32(28,29)12-6-5-9(10-3-2-4-11-14(10)20-17(19)30-11)13(15(12)31(26)27)16-21-24-25-22-16/h2-6,8,23H,7,18H2,1H3,(H2,19,20)(H,26,27)(H,21,22,24,25)/t8-/m0/s1. The van der Waals surface area contributed by atoms with E-state index in [0.717, 1.165) is 4.70 Å². The number of aromatic nitrogens is 5. The first-order valence-corrected chi connectivity index (χ1v) is 12.5. The zero-order chi connectivity index (χ0) is 23.0. The van der Waals surface area contributed by atoms with E-state index < -0.39 is 32.0 Å². The third-order valence-corrected chi connectivity index (χ3v) is 7.97. The van der Waals surface area contributed by atoms with Crippen molar-refractivity contribution in [1.82, 2.24) is 30.3 Å². The zero-order valence-corrected chi connectivity index (χ0v) is 19.0. The van der Waals surface area contributed by atoms with Crippen LogP contribution >= 0.6 is 11.3 Å². The van der Waals surface area contributed by atoms with Crippen LogP contribution in [0, 0.1) is 0 Å². The number of nitrogen functional groups attached to an aromatic ring is 1. The van der Waals surface area contributed by atoms with Gasteiger partial charge in [0, 0.05) is 18.2 Å². The Morgan fingerprint density at radius 1 is 1.28 bits per heavy atom. The highest BCUT2D eigenvalue weighted by Crippen LogP contribution is 2.41. The van der Waals surface area contributed by atoms with Crippen LogP contribution in [0.4, 0.5) is 5.13 Å². The number of para-hydroxylation sites is 1. The number of nitrogens with zero attached hydrogens (tertiary/aromatic N) is 4. The van der Waals surface area contributed by atoms with Gasteiger partial charge in [-0.1, -0.05) is 29.5 Å². The lowest BCUT2D eigenvalue weighted by molar-refractivity contribution is 0.549. The van der Waals surface area contributed by atoms with Gasteiger partial charge in [-0.05, 0) is 29.8 Å². The fraction of sp³-hybridized carbons (Fsp3) is 0.176. The van der Waals surface area contributed by atoms with Crippen molar-refractivity contribution in [3.63, 3.8) is 0 Å². The summed E-state index contributed by atoms with van der Waals surface area (Å²) in [5.41, 5.74) is 12.9. The Morgan fingerprint density at radius 2 is 2.06 bits per heavy atom. The van der Waals surface area contributed by atoms with E-state index in [1.54, 1.807) is 19.1 Å². The van der Waals surface area contributed by atoms with Gasteiger partial charge in [0.05, 0.1) is 20.7 Å². The zero-order valence-electron chi connectivity index (χ0n) is 16.5.